The van der Waals surface area contributed by atoms with Gasteiger partial charge in [-0.2, -0.15) is 0 Å². The Morgan fingerprint density at radius 3 is 2.48 bits per heavy atom. The highest BCUT2D eigenvalue weighted by atomic mass is 16.5. The minimum absolute atomic E-state index is 0.0602. The fourth-order valence-electron chi connectivity index (χ4n) is 2.66. The Morgan fingerprint density at radius 2 is 1.74 bits per heavy atom. The molecule has 2 aromatic carbocycles. The van der Waals surface area contributed by atoms with Gasteiger partial charge >= 0.3 is 0 Å². The van der Waals surface area contributed by atoms with Crippen molar-refractivity contribution < 1.29 is 14.6 Å². The molecule has 0 aliphatic carbocycles. The summed E-state index contributed by atoms with van der Waals surface area (Å²) >= 11 is 0. The second-order valence-corrected chi connectivity index (χ2v) is 5.35. The van der Waals surface area contributed by atoms with E-state index in [-0.39, 0.29) is 5.75 Å². The maximum Gasteiger partial charge on any atom is 0.203 e. The van der Waals surface area contributed by atoms with Crippen LogP contribution in [0.25, 0.3) is 23.1 Å². The van der Waals surface area contributed by atoms with Crippen LogP contribution < -0.4 is 9.47 Å². The molecular weight excluding hydrogens is 290 g/mol. The van der Waals surface area contributed by atoms with Crippen LogP contribution in [0.4, 0.5) is 0 Å². The Kier molecular flexibility index (Phi) is 3.98. The lowest BCUT2D eigenvalue weighted by Crippen LogP contribution is -1.91. The van der Waals surface area contributed by atoms with E-state index in [1.807, 2.05) is 31.5 Å². The monoisotopic (exact) mass is 309 g/mol. The number of aromatic hydroxyl groups is 1. The number of nitrogens with zero attached hydrogens (tertiary/aromatic N) is 1. The molecule has 3 aromatic rings. The SMILES string of the molecule is COc1cc(/C=C\c2ccc3c(ccn3C)c2)cc(O)c1OC. The van der Waals surface area contributed by atoms with Crippen molar-refractivity contribution in [3.8, 4) is 17.2 Å². The highest BCUT2D eigenvalue weighted by Crippen LogP contribution is 2.37. The van der Waals surface area contributed by atoms with E-state index >= 15 is 0 Å². The van der Waals surface area contributed by atoms with E-state index in [1.165, 1.54) is 18.0 Å². The molecule has 4 heteroatoms. The van der Waals surface area contributed by atoms with Gasteiger partial charge in [-0.1, -0.05) is 18.2 Å². The summed E-state index contributed by atoms with van der Waals surface area (Å²) in [6.45, 7) is 0. The van der Waals surface area contributed by atoms with E-state index in [1.54, 1.807) is 13.2 Å². The van der Waals surface area contributed by atoms with Crippen molar-refractivity contribution >= 4 is 23.1 Å². The fourth-order valence-corrected chi connectivity index (χ4v) is 2.66. The molecule has 0 bridgehead atoms. The minimum atomic E-state index is 0.0602. The molecule has 0 spiro atoms. The molecular formula is C19H19NO3. The van der Waals surface area contributed by atoms with Crippen molar-refractivity contribution in [2.45, 2.75) is 0 Å². The standard InChI is InChI=1S/C19H19NO3/c1-20-9-8-15-10-13(6-7-16(15)20)4-5-14-11-17(21)19(23-3)18(12-14)22-2/h4-12,21H,1-3H3/b5-4-. The number of aryl methyl sites for hydroxylation is 1. The van der Waals surface area contributed by atoms with Gasteiger partial charge in [0.1, 0.15) is 0 Å². The zero-order chi connectivity index (χ0) is 16.4. The van der Waals surface area contributed by atoms with Crippen molar-refractivity contribution in [2.75, 3.05) is 14.2 Å². The number of rotatable bonds is 4. The molecule has 0 saturated heterocycles. The average Bonchev–Trinajstić information content (AvgIpc) is 2.93. The molecule has 3 rings (SSSR count). The Hall–Kier alpha value is -2.88. The number of phenols is 1. The van der Waals surface area contributed by atoms with Crippen LogP contribution in [0.1, 0.15) is 11.1 Å². The molecule has 0 fully saturated rings. The summed E-state index contributed by atoms with van der Waals surface area (Å²) in [5.41, 5.74) is 3.14. The molecule has 0 radical (unpaired) electrons. The predicted molar refractivity (Wildman–Crippen MR) is 93.1 cm³/mol. The highest BCUT2D eigenvalue weighted by Gasteiger charge is 2.10. The Bertz CT molecular complexity index is 878. The van der Waals surface area contributed by atoms with Crippen LogP contribution in [0.3, 0.4) is 0 Å². The van der Waals surface area contributed by atoms with Gasteiger partial charge in [0.2, 0.25) is 5.75 Å². The lowest BCUT2D eigenvalue weighted by molar-refractivity contribution is 0.333. The van der Waals surface area contributed by atoms with E-state index in [9.17, 15) is 5.11 Å². The van der Waals surface area contributed by atoms with E-state index < -0.39 is 0 Å². The van der Waals surface area contributed by atoms with E-state index in [4.69, 9.17) is 9.47 Å². The number of phenolic OH excluding ortho intramolecular Hbond substituents is 1. The van der Waals surface area contributed by atoms with Gasteiger partial charge in [0.15, 0.2) is 11.5 Å². The summed E-state index contributed by atoms with van der Waals surface area (Å²) in [4.78, 5) is 0. The summed E-state index contributed by atoms with van der Waals surface area (Å²) in [5.74, 6) is 0.908. The number of aromatic nitrogens is 1. The summed E-state index contributed by atoms with van der Waals surface area (Å²) in [6.07, 6.45) is 5.99. The van der Waals surface area contributed by atoms with Crippen LogP contribution in [0, 0.1) is 0 Å². The van der Waals surface area contributed by atoms with Gasteiger partial charge in [-0.05, 0) is 41.5 Å². The van der Waals surface area contributed by atoms with Gasteiger partial charge < -0.3 is 19.1 Å². The van der Waals surface area contributed by atoms with Crippen LogP contribution >= 0.6 is 0 Å². The van der Waals surface area contributed by atoms with Crippen LogP contribution in [0.2, 0.25) is 0 Å². The van der Waals surface area contributed by atoms with Crippen LogP contribution in [-0.4, -0.2) is 23.9 Å². The van der Waals surface area contributed by atoms with E-state index in [2.05, 4.69) is 28.8 Å². The lowest BCUT2D eigenvalue weighted by atomic mass is 10.1. The number of benzene rings is 2. The molecule has 1 N–H and O–H groups in total. The molecule has 1 heterocycles. The van der Waals surface area contributed by atoms with Crippen LogP contribution in [0.15, 0.2) is 42.6 Å². The fraction of sp³-hybridized carbons (Fsp3) is 0.158. The van der Waals surface area contributed by atoms with Gasteiger partial charge in [0, 0.05) is 24.1 Å². The summed E-state index contributed by atoms with van der Waals surface area (Å²) in [7, 11) is 5.08. The third-order valence-corrected chi connectivity index (χ3v) is 3.86. The van der Waals surface area contributed by atoms with Crippen LogP contribution in [-0.2, 0) is 7.05 Å². The van der Waals surface area contributed by atoms with Gasteiger partial charge in [-0.15, -0.1) is 0 Å². The van der Waals surface area contributed by atoms with Crippen LogP contribution in [0.5, 0.6) is 17.2 Å². The number of methoxy groups -OCH3 is 2. The minimum Gasteiger partial charge on any atom is -0.504 e. The molecule has 118 valence electrons. The van der Waals surface area contributed by atoms with Gasteiger partial charge in [0.25, 0.3) is 0 Å². The summed E-state index contributed by atoms with van der Waals surface area (Å²) < 4.78 is 12.5. The Balaban J connectivity index is 1.93. The molecule has 0 amide bonds. The first kappa shape index (κ1) is 15.0. The third-order valence-electron chi connectivity index (χ3n) is 3.86. The molecule has 1 aromatic heterocycles. The van der Waals surface area contributed by atoms with Crippen molar-refractivity contribution in [3.05, 3.63) is 53.7 Å². The molecule has 0 atom stereocenters. The molecule has 4 nitrogen and oxygen atoms in total. The first-order chi connectivity index (χ1) is 11.1. The molecule has 23 heavy (non-hydrogen) atoms. The zero-order valence-corrected chi connectivity index (χ0v) is 13.4. The third kappa shape index (κ3) is 2.88. The van der Waals surface area contributed by atoms with Crippen molar-refractivity contribution in [1.29, 1.82) is 0 Å². The summed E-state index contributed by atoms with van der Waals surface area (Å²) in [5, 5.41) is 11.2. The smallest absolute Gasteiger partial charge is 0.203 e. The molecule has 0 saturated carbocycles. The first-order valence-corrected chi connectivity index (χ1v) is 7.30. The predicted octanol–water partition coefficient (Wildman–Crippen LogP) is 4.07. The van der Waals surface area contributed by atoms with Gasteiger partial charge in [-0.3, -0.25) is 0 Å². The second-order valence-electron chi connectivity index (χ2n) is 5.35. The largest absolute Gasteiger partial charge is 0.504 e. The average molecular weight is 309 g/mol. The molecule has 0 aliphatic rings. The molecule has 0 aliphatic heterocycles. The number of hydrogen-bond acceptors (Lipinski definition) is 3. The summed E-state index contributed by atoms with van der Waals surface area (Å²) in [6, 6.07) is 11.9. The number of hydrogen-bond donors (Lipinski definition) is 1. The lowest BCUT2D eigenvalue weighted by Gasteiger charge is -2.10. The zero-order valence-electron chi connectivity index (χ0n) is 13.4. The number of ether oxygens (including phenoxy) is 2. The Labute approximate surface area is 135 Å². The normalized spacial score (nSPS) is 11.3. The first-order valence-electron chi connectivity index (χ1n) is 7.30. The van der Waals surface area contributed by atoms with E-state index in [0.29, 0.717) is 11.5 Å². The molecule has 0 unspecified atom stereocenters. The topological polar surface area (TPSA) is 43.6 Å². The van der Waals surface area contributed by atoms with Gasteiger partial charge in [-0.25, -0.2) is 0 Å². The Morgan fingerprint density at radius 1 is 0.957 bits per heavy atom. The van der Waals surface area contributed by atoms with Gasteiger partial charge in [0.05, 0.1) is 14.2 Å². The second kappa shape index (κ2) is 6.08. The highest BCUT2D eigenvalue weighted by molar-refractivity contribution is 5.84. The number of fused-ring (bicyclic) bond motifs is 1. The van der Waals surface area contributed by atoms with Crippen molar-refractivity contribution in [3.63, 3.8) is 0 Å². The maximum atomic E-state index is 10.0. The van der Waals surface area contributed by atoms with E-state index in [0.717, 1.165) is 11.1 Å². The maximum absolute atomic E-state index is 10.0. The van der Waals surface area contributed by atoms with Crippen molar-refractivity contribution in [2.24, 2.45) is 7.05 Å². The van der Waals surface area contributed by atoms with Crippen molar-refractivity contribution in [1.82, 2.24) is 4.57 Å². The quantitative estimate of drug-likeness (QED) is 0.739.